The Morgan fingerprint density at radius 3 is 2.83 bits per heavy atom. The maximum atomic E-state index is 14.0. The zero-order valence-electron chi connectivity index (χ0n) is 12.5. The Balaban J connectivity index is 1.77. The molecule has 1 aliphatic rings. The summed E-state index contributed by atoms with van der Waals surface area (Å²) in [5.41, 5.74) is 1.21. The molecule has 118 valence electrons. The van der Waals surface area contributed by atoms with Crippen molar-refractivity contribution < 1.29 is 9.18 Å². The summed E-state index contributed by atoms with van der Waals surface area (Å²) < 4.78 is 14.0. The van der Waals surface area contributed by atoms with Crippen LogP contribution in [0.5, 0.6) is 0 Å². The van der Waals surface area contributed by atoms with Crippen LogP contribution >= 0.6 is 11.6 Å². The van der Waals surface area contributed by atoms with Gasteiger partial charge in [0.1, 0.15) is 5.82 Å². The summed E-state index contributed by atoms with van der Waals surface area (Å²) in [5.74, 6) is -0.525. The summed E-state index contributed by atoms with van der Waals surface area (Å²) in [6, 6.07) is 8.40. The molecule has 1 heterocycles. The van der Waals surface area contributed by atoms with Crippen molar-refractivity contribution in [1.29, 1.82) is 0 Å². The van der Waals surface area contributed by atoms with E-state index >= 15 is 0 Å². The fourth-order valence-corrected chi connectivity index (χ4v) is 2.59. The first kappa shape index (κ1) is 15.7. The van der Waals surface area contributed by atoms with E-state index in [9.17, 15) is 9.18 Å². The van der Waals surface area contributed by atoms with Crippen molar-refractivity contribution in [3.63, 3.8) is 0 Å². The van der Waals surface area contributed by atoms with Crippen molar-refractivity contribution in [3.8, 4) is 0 Å². The lowest BCUT2D eigenvalue weighted by atomic mass is 10.2. The van der Waals surface area contributed by atoms with Gasteiger partial charge in [-0.15, -0.1) is 0 Å². The SMILES string of the molecule is O=C(/C=C/c1cccnc1)N(Cc1c(F)cccc1Cl)C1CC1. The Kier molecular flexibility index (Phi) is 4.72. The standard InChI is InChI=1S/C18H16ClFN2O/c19-16-4-1-5-17(20)15(16)12-22(14-7-8-14)18(23)9-6-13-3-2-10-21-11-13/h1-6,9-11,14H,7-8,12H2/b9-6+. The van der Waals surface area contributed by atoms with Gasteiger partial charge in [0.25, 0.3) is 0 Å². The number of pyridine rings is 1. The fourth-order valence-electron chi connectivity index (χ4n) is 2.36. The summed E-state index contributed by atoms with van der Waals surface area (Å²) in [6.07, 6.45) is 8.46. The van der Waals surface area contributed by atoms with E-state index in [-0.39, 0.29) is 24.3 Å². The number of amides is 1. The average molecular weight is 331 g/mol. The first-order chi connectivity index (χ1) is 11.1. The number of rotatable bonds is 5. The molecule has 2 aromatic rings. The predicted octanol–water partition coefficient (Wildman–Crippen LogP) is 4.08. The lowest BCUT2D eigenvalue weighted by molar-refractivity contribution is -0.127. The fraction of sp³-hybridized carbons (Fsp3) is 0.222. The Morgan fingerprint density at radius 2 is 2.17 bits per heavy atom. The van der Waals surface area contributed by atoms with Gasteiger partial charge in [0, 0.05) is 35.1 Å². The van der Waals surface area contributed by atoms with E-state index in [4.69, 9.17) is 11.6 Å². The molecule has 3 rings (SSSR count). The Morgan fingerprint density at radius 1 is 1.35 bits per heavy atom. The van der Waals surface area contributed by atoms with Crippen LogP contribution in [-0.2, 0) is 11.3 Å². The van der Waals surface area contributed by atoms with Crippen LogP contribution in [0, 0.1) is 5.82 Å². The molecule has 1 aliphatic carbocycles. The molecule has 1 saturated carbocycles. The van der Waals surface area contributed by atoms with E-state index in [1.807, 2.05) is 12.1 Å². The zero-order valence-corrected chi connectivity index (χ0v) is 13.2. The molecule has 1 fully saturated rings. The van der Waals surface area contributed by atoms with Gasteiger partial charge in [-0.05, 0) is 42.7 Å². The Hall–Kier alpha value is -2.20. The highest BCUT2D eigenvalue weighted by molar-refractivity contribution is 6.31. The highest BCUT2D eigenvalue weighted by atomic mass is 35.5. The number of benzene rings is 1. The van der Waals surface area contributed by atoms with Gasteiger partial charge >= 0.3 is 0 Å². The first-order valence-corrected chi connectivity index (χ1v) is 7.84. The minimum absolute atomic E-state index is 0.143. The van der Waals surface area contributed by atoms with E-state index in [1.165, 1.54) is 12.1 Å². The van der Waals surface area contributed by atoms with Gasteiger partial charge in [-0.25, -0.2) is 4.39 Å². The third-order valence-corrected chi connectivity index (χ3v) is 4.12. The van der Waals surface area contributed by atoms with Crippen LogP contribution in [0.4, 0.5) is 4.39 Å². The van der Waals surface area contributed by atoms with Crippen molar-refractivity contribution in [2.45, 2.75) is 25.4 Å². The van der Waals surface area contributed by atoms with Crippen molar-refractivity contribution in [3.05, 3.63) is 70.8 Å². The Labute approximate surface area is 139 Å². The van der Waals surface area contributed by atoms with Gasteiger partial charge in [-0.1, -0.05) is 23.7 Å². The molecule has 0 unspecified atom stereocenters. The number of halogens is 2. The van der Waals surface area contributed by atoms with Gasteiger partial charge in [0.2, 0.25) is 5.91 Å². The quantitative estimate of drug-likeness (QED) is 0.774. The normalized spacial score (nSPS) is 14.2. The maximum Gasteiger partial charge on any atom is 0.247 e. The van der Waals surface area contributed by atoms with Crippen molar-refractivity contribution in [2.75, 3.05) is 0 Å². The molecule has 0 bridgehead atoms. The number of hydrogen-bond acceptors (Lipinski definition) is 2. The summed E-state index contributed by atoms with van der Waals surface area (Å²) in [4.78, 5) is 18.2. The third-order valence-electron chi connectivity index (χ3n) is 3.76. The molecule has 1 amide bonds. The van der Waals surface area contributed by atoms with Crippen LogP contribution in [0.1, 0.15) is 24.0 Å². The second-order valence-electron chi connectivity index (χ2n) is 5.52. The lowest BCUT2D eigenvalue weighted by Crippen LogP contribution is -2.31. The molecule has 0 radical (unpaired) electrons. The molecule has 5 heteroatoms. The molecular weight excluding hydrogens is 315 g/mol. The van der Waals surface area contributed by atoms with Crippen molar-refractivity contribution in [2.24, 2.45) is 0 Å². The number of aromatic nitrogens is 1. The second kappa shape index (κ2) is 6.92. The average Bonchev–Trinajstić information content (AvgIpc) is 3.38. The van der Waals surface area contributed by atoms with E-state index in [0.29, 0.717) is 10.6 Å². The molecule has 0 N–H and O–H groups in total. The number of carbonyl (C=O) groups is 1. The monoisotopic (exact) mass is 330 g/mol. The van der Waals surface area contributed by atoms with Crippen LogP contribution in [0.3, 0.4) is 0 Å². The van der Waals surface area contributed by atoms with Crippen molar-refractivity contribution in [1.82, 2.24) is 9.88 Å². The Bertz CT molecular complexity index is 709. The third kappa shape index (κ3) is 3.96. The van der Waals surface area contributed by atoms with Gasteiger partial charge in [-0.3, -0.25) is 9.78 Å². The van der Waals surface area contributed by atoms with E-state index in [2.05, 4.69) is 4.98 Å². The summed E-state index contributed by atoms with van der Waals surface area (Å²) >= 11 is 6.07. The molecular formula is C18H16ClFN2O. The minimum atomic E-state index is -0.382. The second-order valence-corrected chi connectivity index (χ2v) is 5.92. The number of nitrogens with zero attached hydrogens (tertiary/aromatic N) is 2. The highest BCUT2D eigenvalue weighted by Gasteiger charge is 2.32. The molecule has 0 atom stereocenters. The largest absolute Gasteiger partial charge is 0.332 e. The van der Waals surface area contributed by atoms with Gasteiger partial charge in [0.05, 0.1) is 6.54 Å². The van der Waals surface area contributed by atoms with Crippen LogP contribution < -0.4 is 0 Å². The van der Waals surface area contributed by atoms with Crippen LogP contribution in [-0.4, -0.2) is 21.8 Å². The maximum absolute atomic E-state index is 14.0. The topological polar surface area (TPSA) is 33.2 Å². The van der Waals surface area contributed by atoms with Crippen LogP contribution in [0.15, 0.2) is 48.8 Å². The van der Waals surface area contributed by atoms with Gasteiger partial charge < -0.3 is 4.90 Å². The summed E-state index contributed by atoms with van der Waals surface area (Å²) in [5, 5.41) is 0.347. The molecule has 3 nitrogen and oxygen atoms in total. The summed E-state index contributed by atoms with van der Waals surface area (Å²) in [6.45, 7) is 0.187. The molecule has 1 aromatic heterocycles. The molecule has 0 saturated heterocycles. The molecule has 0 aliphatic heterocycles. The number of carbonyl (C=O) groups excluding carboxylic acids is 1. The molecule has 0 spiro atoms. The number of hydrogen-bond donors (Lipinski definition) is 0. The minimum Gasteiger partial charge on any atom is -0.332 e. The lowest BCUT2D eigenvalue weighted by Gasteiger charge is -2.22. The smallest absolute Gasteiger partial charge is 0.247 e. The van der Waals surface area contributed by atoms with Gasteiger partial charge in [0.15, 0.2) is 0 Å². The first-order valence-electron chi connectivity index (χ1n) is 7.47. The van der Waals surface area contributed by atoms with Crippen LogP contribution in [0.25, 0.3) is 6.08 Å². The van der Waals surface area contributed by atoms with Crippen molar-refractivity contribution >= 4 is 23.6 Å². The highest BCUT2D eigenvalue weighted by Crippen LogP contribution is 2.31. The zero-order chi connectivity index (χ0) is 16.2. The van der Waals surface area contributed by atoms with Gasteiger partial charge in [-0.2, -0.15) is 0 Å². The molecule has 23 heavy (non-hydrogen) atoms. The predicted molar refractivity (Wildman–Crippen MR) is 88.3 cm³/mol. The van der Waals surface area contributed by atoms with Crippen LogP contribution in [0.2, 0.25) is 5.02 Å². The summed E-state index contributed by atoms with van der Waals surface area (Å²) in [7, 11) is 0. The van der Waals surface area contributed by atoms with E-state index in [1.54, 1.807) is 35.5 Å². The van der Waals surface area contributed by atoms with E-state index < -0.39 is 0 Å². The molecule has 1 aromatic carbocycles. The van der Waals surface area contributed by atoms with E-state index in [0.717, 1.165) is 18.4 Å².